The standard InChI is InChI=1S/C23H33N.Al.3H/c1-6-23(17-19(2)3,18-20(4)5)24(21-13-9-7-10-14-21)22-15-11-8-12-16-22;;;;/h7-16,19-20H,6,17-18H2,1-5H3;;;;. The summed E-state index contributed by atoms with van der Waals surface area (Å²) >= 11 is 0. The maximum Gasteiger partial charge on any atom is 0.187 e. The van der Waals surface area contributed by atoms with Gasteiger partial charge in [-0.25, -0.2) is 0 Å². The molecule has 2 aromatic carbocycles. The predicted molar refractivity (Wildman–Crippen MR) is 117 cm³/mol. The SMILES string of the molecule is CCC(CC(C)C)(CC(C)C)N(c1ccccc1)c1ccccc1.[AlH3]. The van der Waals surface area contributed by atoms with Gasteiger partial charge in [0.15, 0.2) is 17.4 Å². The number of para-hydroxylation sites is 2. The van der Waals surface area contributed by atoms with Crippen LogP contribution in [0.5, 0.6) is 0 Å². The van der Waals surface area contributed by atoms with Crippen molar-refractivity contribution in [2.24, 2.45) is 11.8 Å². The highest BCUT2D eigenvalue weighted by Crippen LogP contribution is 2.42. The van der Waals surface area contributed by atoms with Crippen molar-refractivity contribution >= 4 is 28.7 Å². The second kappa shape index (κ2) is 10.1. The summed E-state index contributed by atoms with van der Waals surface area (Å²) in [4.78, 5) is 2.60. The maximum absolute atomic E-state index is 2.60. The molecule has 2 aromatic rings. The largest absolute Gasteiger partial charge is 0.335 e. The van der Waals surface area contributed by atoms with E-state index >= 15 is 0 Å². The van der Waals surface area contributed by atoms with E-state index in [4.69, 9.17) is 0 Å². The monoisotopic (exact) mass is 353 g/mol. The molecule has 0 radical (unpaired) electrons. The summed E-state index contributed by atoms with van der Waals surface area (Å²) in [5, 5.41) is 0. The van der Waals surface area contributed by atoms with Crippen molar-refractivity contribution in [1.29, 1.82) is 0 Å². The Balaban J connectivity index is 0.00000312. The Bertz CT molecular complexity index is 543. The lowest BCUT2D eigenvalue weighted by Gasteiger charge is -2.47. The first-order chi connectivity index (χ1) is 11.5. The minimum atomic E-state index is 0. The van der Waals surface area contributed by atoms with Crippen molar-refractivity contribution in [3.05, 3.63) is 60.7 Å². The Hall–Kier alpha value is -1.23. The Labute approximate surface area is 165 Å². The van der Waals surface area contributed by atoms with E-state index in [-0.39, 0.29) is 22.9 Å². The van der Waals surface area contributed by atoms with Gasteiger partial charge in [0.25, 0.3) is 0 Å². The molecule has 0 spiro atoms. The second-order valence-corrected chi connectivity index (χ2v) is 7.78. The van der Waals surface area contributed by atoms with Crippen LogP contribution < -0.4 is 4.90 Å². The van der Waals surface area contributed by atoms with Crippen LogP contribution in [0.15, 0.2) is 60.7 Å². The van der Waals surface area contributed by atoms with Crippen molar-refractivity contribution in [1.82, 2.24) is 0 Å². The van der Waals surface area contributed by atoms with Crippen LogP contribution in [0.3, 0.4) is 0 Å². The molecule has 2 rings (SSSR count). The Morgan fingerprint density at radius 3 is 1.36 bits per heavy atom. The quantitative estimate of drug-likeness (QED) is 0.536. The predicted octanol–water partition coefficient (Wildman–Crippen LogP) is 5.88. The van der Waals surface area contributed by atoms with Gasteiger partial charge in [-0.1, -0.05) is 71.0 Å². The molecule has 0 aliphatic heterocycles. The van der Waals surface area contributed by atoms with Crippen LogP contribution >= 0.6 is 0 Å². The number of benzene rings is 2. The second-order valence-electron chi connectivity index (χ2n) is 7.78. The lowest BCUT2D eigenvalue weighted by atomic mass is 9.77. The fraction of sp³-hybridized carbons (Fsp3) is 0.478. The Morgan fingerprint density at radius 1 is 0.720 bits per heavy atom. The zero-order valence-electron chi connectivity index (χ0n) is 16.0. The topological polar surface area (TPSA) is 3.24 Å². The van der Waals surface area contributed by atoms with Gasteiger partial charge in [-0.15, -0.1) is 0 Å². The van der Waals surface area contributed by atoms with Crippen molar-refractivity contribution < 1.29 is 0 Å². The van der Waals surface area contributed by atoms with Gasteiger partial charge in [-0.3, -0.25) is 0 Å². The van der Waals surface area contributed by atoms with Crippen LogP contribution in [0.1, 0.15) is 53.9 Å². The molecule has 0 atom stereocenters. The van der Waals surface area contributed by atoms with Crippen molar-refractivity contribution in [2.75, 3.05) is 4.90 Å². The molecule has 1 nitrogen and oxygen atoms in total. The number of hydrogen-bond donors (Lipinski definition) is 0. The van der Waals surface area contributed by atoms with E-state index in [1.807, 2.05) is 0 Å². The van der Waals surface area contributed by atoms with Crippen LogP contribution in [0, 0.1) is 11.8 Å². The van der Waals surface area contributed by atoms with Gasteiger partial charge in [0.2, 0.25) is 0 Å². The van der Waals surface area contributed by atoms with Gasteiger partial charge >= 0.3 is 0 Å². The molecule has 0 N–H and O–H groups in total. The molecule has 0 unspecified atom stereocenters. The van der Waals surface area contributed by atoms with Gasteiger partial charge in [-0.05, 0) is 55.4 Å². The molecule has 0 fully saturated rings. The third-order valence-corrected chi connectivity index (χ3v) is 4.74. The first-order valence-electron chi connectivity index (χ1n) is 9.39. The molecule has 0 saturated heterocycles. The van der Waals surface area contributed by atoms with E-state index in [0.29, 0.717) is 11.8 Å². The van der Waals surface area contributed by atoms with Crippen LogP contribution in [-0.2, 0) is 0 Å². The maximum atomic E-state index is 2.60. The van der Waals surface area contributed by atoms with E-state index in [1.165, 1.54) is 24.2 Å². The lowest BCUT2D eigenvalue weighted by molar-refractivity contribution is 0.272. The highest BCUT2D eigenvalue weighted by molar-refractivity contribution is 5.75. The zero-order valence-corrected chi connectivity index (χ0v) is 16.0. The zero-order chi connectivity index (χ0) is 17.6. The number of hydrogen-bond acceptors (Lipinski definition) is 1. The molecular formula is C23H36AlN. The summed E-state index contributed by atoms with van der Waals surface area (Å²) in [6.45, 7) is 11.7. The molecule has 2 heteroatoms. The third-order valence-electron chi connectivity index (χ3n) is 4.74. The molecule has 0 heterocycles. The summed E-state index contributed by atoms with van der Waals surface area (Å²) < 4.78 is 0. The first-order valence-corrected chi connectivity index (χ1v) is 9.39. The average Bonchev–Trinajstić information content (AvgIpc) is 2.55. The van der Waals surface area contributed by atoms with E-state index < -0.39 is 0 Å². The Morgan fingerprint density at radius 2 is 1.08 bits per heavy atom. The number of nitrogens with zero attached hydrogens (tertiary/aromatic N) is 1. The molecule has 0 amide bonds. The third kappa shape index (κ3) is 5.63. The normalized spacial score (nSPS) is 11.5. The fourth-order valence-electron chi connectivity index (χ4n) is 4.08. The van der Waals surface area contributed by atoms with E-state index in [2.05, 4.69) is 100 Å². The van der Waals surface area contributed by atoms with Crippen LogP contribution in [0.4, 0.5) is 11.4 Å². The lowest BCUT2D eigenvalue weighted by Crippen LogP contribution is -2.48. The van der Waals surface area contributed by atoms with Gasteiger partial charge in [0, 0.05) is 16.9 Å². The molecule has 0 bridgehead atoms. The highest BCUT2D eigenvalue weighted by Gasteiger charge is 2.37. The van der Waals surface area contributed by atoms with Crippen LogP contribution in [-0.4, -0.2) is 22.9 Å². The molecule has 0 aliphatic rings. The first kappa shape index (κ1) is 21.8. The molecule has 136 valence electrons. The molecule has 25 heavy (non-hydrogen) atoms. The van der Waals surface area contributed by atoms with E-state index in [9.17, 15) is 0 Å². The summed E-state index contributed by atoms with van der Waals surface area (Å²) in [5.74, 6) is 1.33. The van der Waals surface area contributed by atoms with Crippen molar-refractivity contribution in [2.45, 2.75) is 59.4 Å². The van der Waals surface area contributed by atoms with E-state index in [0.717, 1.165) is 6.42 Å². The number of rotatable bonds is 8. The van der Waals surface area contributed by atoms with Gasteiger partial charge in [0.05, 0.1) is 0 Å². The Kier molecular flexibility index (Phi) is 8.77. The average molecular weight is 354 g/mol. The molecule has 0 aromatic heterocycles. The van der Waals surface area contributed by atoms with Crippen molar-refractivity contribution in [3.8, 4) is 0 Å². The molecule has 0 aliphatic carbocycles. The summed E-state index contributed by atoms with van der Waals surface area (Å²) in [5.41, 5.74) is 2.74. The van der Waals surface area contributed by atoms with Crippen LogP contribution in [0.2, 0.25) is 0 Å². The minimum Gasteiger partial charge on any atom is -0.335 e. The minimum absolute atomic E-state index is 0. The summed E-state index contributed by atoms with van der Waals surface area (Å²) in [6, 6.07) is 21.8. The smallest absolute Gasteiger partial charge is 0.187 e. The van der Waals surface area contributed by atoms with Gasteiger partial charge in [0.1, 0.15) is 0 Å². The molecule has 0 saturated carbocycles. The molecular weight excluding hydrogens is 317 g/mol. The van der Waals surface area contributed by atoms with E-state index in [1.54, 1.807) is 0 Å². The summed E-state index contributed by atoms with van der Waals surface area (Å²) in [7, 11) is 0. The highest BCUT2D eigenvalue weighted by atomic mass is 27.0. The summed E-state index contributed by atoms with van der Waals surface area (Å²) in [6.07, 6.45) is 3.55. The van der Waals surface area contributed by atoms with Crippen molar-refractivity contribution in [3.63, 3.8) is 0 Å². The van der Waals surface area contributed by atoms with Gasteiger partial charge in [-0.2, -0.15) is 0 Å². The van der Waals surface area contributed by atoms with Gasteiger partial charge < -0.3 is 4.90 Å². The number of anilines is 2. The fourth-order valence-corrected chi connectivity index (χ4v) is 4.08. The van der Waals surface area contributed by atoms with Crippen LogP contribution in [0.25, 0.3) is 0 Å².